The first-order valence-corrected chi connectivity index (χ1v) is 9.92. The molecule has 1 aromatic carbocycles. The molecule has 6 heteroatoms. The molecule has 1 aliphatic rings. The van der Waals surface area contributed by atoms with E-state index in [-0.39, 0.29) is 5.63 Å². The summed E-state index contributed by atoms with van der Waals surface area (Å²) < 4.78 is 7.71. The molecule has 0 saturated carbocycles. The number of nitrogens with zero attached hydrogens (tertiary/aromatic N) is 4. The van der Waals surface area contributed by atoms with Gasteiger partial charge in [-0.2, -0.15) is 0 Å². The van der Waals surface area contributed by atoms with Gasteiger partial charge in [-0.3, -0.25) is 4.98 Å². The van der Waals surface area contributed by atoms with E-state index in [2.05, 4.69) is 34.9 Å². The van der Waals surface area contributed by atoms with E-state index in [4.69, 9.17) is 4.42 Å². The number of hydrogen-bond acceptors (Lipinski definition) is 5. The Bertz CT molecular complexity index is 1270. The minimum atomic E-state index is -0.317. The summed E-state index contributed by atoms with van der Waals surface area (Å²) >= 11 is 0. The van der Waals surface area contributed by atoms with Crippen molar-refractivity contribution in [1.82, 2.24) is 14.3 Å². The lowest BCUT2D eigenvalue weighted by atomic mass is 10.1. The predicted octanol–water partition coefficient (Wildman–Crippen LogP) is 3.56. The molecule has 0 aliphatic carbocycles. The van der Waals surface area contributed by atoms with Crippen molar-refractivity contribution in [1.29, 1.82) is 0 Å². The highest BCUT2D eigenvalue weighted by atomic mass is 16.4. The lowest BCUT2D eigenvalue weighted by Crippen LogP contribution is -2.31. The number of benzene rings is 1. The maximum atomic E-state index is 12.7. The van der Waals surface area contributed by atoms with Gasteiger partial charge < -0.3 is 18.6 Å². The van der Waals surface area contributed by atoms with Gasteiger partial charge in [0, 0.05) is 54.2 Å². The summed E-state index contributed by atoms with van der Waals surface area (Å²) in [7, 11) is 4.25. The van der Waals surface area contributed by atoms with Crippen LogP contribution in [0.25, 0.3) is 27.6 Å². The second-order valence-electron chi connectivity index (χ2n) is 8.11. The largest absolute Gasteiger partial charge is 0.422 e. The van der Waals surface area contributed by atoms with E-state index in [1.807, 2.05) is 54.2 Å². The van der Waals surface area contributed by atoms with Crippen LogP contribution in [0.4, 0.5) is 5.69 Å². The highest BCUT2D eigenvalue weighted by molar-refractivity contribution is 5.85. The Kier molecular flexibility index (Phi) is 4.17. The first-order chi connectivity index (χ1) is 14.0. The first kappa shape index (κ1) is 17.9. The van der Waals surface area contributed by atoms with Gasteiger partial charge in [0.05, 0.1) is 23.0 Å². The van der Waals surface area contributed by atoms with Crippen molar-refractivity contribution in [3.63, 3.8) is 0 Å². The summed E-state index contributed by atoms with van der Waals surface area (Å²) in [6.07, 6.45) is 6.85. The smallest absolute Gasteiger partial charge is 0.344 e. The number of aromatic nitrogens is 2. The average Bonchev–Trinajstić information content (AvgIpc) is 3.34. The van der Waals surface area contributed by atoms with Crippen LogP contribution in [0.15, 0.2) is 58.1 Å². The van der Waals surface area contributed by atoms with Gasteiger partial charge in [-0.05, 0) is 51.7 Å². The Morgan fingerprint density at radius 3 is 2.83 bits per heavy atom. The lowest BCUT2D eigenvalue weighted by molar-refractivity contribution is 0.315. The van der Waals surface area contributed by atoms with E-state index in [0.717, 1.165) is 47.4 Å². The van der Waals surface area contributed by atoms with Crippen molar-refractivity contribution < 1.29 is 4.42 Å². The molecular formula is C23H24N4O2. The molecule has 5 rings (SSSR count). The molecule has 1 fully saturated rings. The number of anilines is 1. The number of fused-ring (bicyclic) bond motifs is 2. The van der Waals surface area contributed by atoms with Gasteiger partial charge in [-0.1, -0.05) is 0 Å². The zero-order chi connectivity index (χ0) is 20.1. The van der Waals surface area contributed by atoms with E-state index in [1.54, 1.807) is 0 Å². The predicted molar refractivity (Wildman–Crippen MR) is 116 cm³/mol. The second kappa shape index (κ2) is 6.74. The van der Waals surface area contributed by atoms with Crippen LogP contribution >= 0.6 is 0 Å². The Hall–Kier alpha value is -3.12. The van der Waals surface area contributed by atoms with Crippen LogP contribution in [0.5, 0.6) is 0 Å². The minimum Gasteiger partial charge on any atom is -0.422 e. The molecule has 148 valence electrons. The lowest BCUT2D eigenvalue weighted by Gasteiger charge is -2.22. The van der Waals surface area contributed by atoms with Crippen molar-refractivity contribution in [2.75, 3.05) is 32.1 Å². The van der Waals surface area contributed by atoms with E-state index in [9.17, 15) is 4.79 Å². The average molecular weight is 388 g/mol. The third kappa shape index (κ3) is 3.19. The molecule has 4 heterocycles. The standard InChI is InChI=1S/C23H24N4O2/c1-15-12-27-13-17(8-20(27)11-24-15)21-9-16-4-5-18(10-22(16)29-23(21)28)26-7-6-19(14-26)25(2)3/h4-5,8-13,19H,6-7,14H2,1-3H3/t19-/m1/s1. The second-order valence-corrected chi connectivity index (χ2v) is 8.11. The van der Waals surface area contributed by atoms with E-state index in [0.29, 0.717) is 17.2 Å². The number of likely N-dealkylation sites (N-methyl/N-ethyl adjacent to an activating group) is 1. The molecule has 0 radical (unpaired) electrons. The molecule has 0 spiro atoms. The van der Waals surface area contributed by atoms with Crippen LogP contribution in [-0.4, -0.2) is 47.5 Å². The zero-order valence-electron chi connectivity index (χ0n) is 16.9. The molecule has 0 N–H and O–H groups in total. The Labute approximate surface area is 169 Å². The van der Waals surface area contributed by atoms with Gasteiger partial charge in [-0.25, -0.2) is 4.79 Å². The summed E-state index contributed by atoms with van der Waals surface area (Å²) in [4.78, 5) is 21.7. The quantitative estimate of drug-likeness (QED) is 0.503. The fourth-order valence-electron chi connectivity index (χ4n) is 4.16. The number of hydrogen-bond donors (Lipinski definition) is 0. The van der Waals surface area contributed by atoms with Crippen LogP contribution < -0.4 is 10.5 Å². The third-order valence-corrected chi connectivity index (χ3v) is 5.90. The molecule has 1 saturated heterocycles. The molecule has 0 amide bonds. The van der Waals surface area contributed by atoms with Crippen molar-refractivity contribution in [2.24, 2.45) is 0 Å². The van der Waals surface area contributed by atoms with Crippen molar-refractivity contribution in [3.05, 3.63) is 65.0 Å². The Morgan fingerprint density at radius 1 is 1.17 bits per heavy atom. The van der Waals surface area contributed by atoms with Crippen LogP contribution in [0, 0.1) is 6.92 Å². The van der Waals surface area contributed by atoms with Crippen molar-refractivity contribution >= 4 is 22.2 Å². The maximum Gasteiger partial charge on any atom is 0.344 e. The zero-order valence-corrected chi connectivity index (χ0v) is 16.9. The first-order valence-electron chi connectivity index (χ1n) is 9.92. The monoisotopic (exact) mass is 388 g/mol. The minimum absolute atomic E-state index is 0.317. The van der Waals surface area contributed by atoms with Crippen LogP contribution in [0.2, 0.25) is 0 Å². The van der Waals surface area contributed by atoms with Gasteiger partial charge in [0.1, 0.15) is 5.58 Å². The van der Waals surface area contributed by atoms with Gasteiger partial charge in [-0.15, -0.1) is 0 Å². The highest BCUT2D eigenvalue weighted by Gasteiger charge is 2.24. The summed E-state index contributed by atoms with van der Waals surface area (Å²) in [5, 5.41) is 0.927. The fourth-order valence-corrected chi connectivity index (χ4v) is 4.16. The van der Waals surface area contributed by atoms with Crippen molar-refractivity contribution in [3.8, 4) is 11.1 Å². The Balaban J connectivity index is 1.52. The van der Waals surface area contributed by atoms with Crippen LogP contribution in [0.1, 0.15) is 12.1 Å². The molecular weight excluding hydrogens is 364 g/mol. The summed E-state index contributed by atoms with van der Waals surface area (Å²) in [6.45, 7) is 3.95. The number of rotatable bonds is 3. The fraction of sp³-hybridized carbons (Fsp3) is 0.304. The van der Waals surface area contributed by atoms with Gasteiger partial charge in [0.2, 0.25) is 0 Å². The van der Waals surface area contributed by atoms with E-state index in [1.165, 1.54) is 0 Å². The summed E-state index contributed by atoms with van der Waals surface area (Å²) in [5.74, 6) is 0. The van der Waals surface area contributed by atoms with E-state index < -0.39 is 0 Å². The van der Waals surface area contributed by atoms with E-state index >= 15 is 0 Å². The van der Waals surface area contributed by atoms with Gasteiger partial charge in [0.25, 0.3) is 0 Å². The normalized spacial score (nSPS) is 17.1. The SMILES string of the molecule is Cc1cn2cc(-c3cc4ccc(N5CC[C@@H](N(C)C)C5)cc4oc3=O)cc2cn1. The van der Waals surface area contributed by atoms with Gasteiger partial charge in [0.15, 0.2) is 0 Å². The molecule has 1 aliphatic heterocycles. The molecule has 4 aromatic rings. The molecule has 1 atom stereocenters. The maximum absolute atomic E-state index is 12.7. The molecule has 0 bridgehead atoms. The summed E-state index contributed by atoms with van der Waals surface area (Å²) in [5.41, 5.74) is 4.70. The molecule has 3 aromatic heterocycles. The Morgan fingerprint density at radius 2 is 2.03 bits per heavy atom. The van der Waals surface area contributed by atoms with Crippen LogP contribution in [0.3, 0.4) is 0 Å². The molecule has 29 heavy (non-hydrogen) atoms. The van der Waals surface area contributed by atoms with Crippen LogP contribution in [-0.2, 0) is 0 Å². The third-order valence-electron chi connectivity index (χ3n) is 5.90. The van der Waals surface area contributed by atoms with Crippen molar-refractivity contribution in [2.45, 2.75) is 19.4 Å². The van der Waals surface area contributed by atoms with Gasteiger partial charge >= 0.3 is 5.63 Å². The topological polar surface area (TPSA) is 54.0 Å². The summed E-state index contributed by atoms with van der Waals surface area (Å²) in [6, 6.07) is 10.6. The molecule has 6 nitrogen and oxygen atoms in total. The highest BCUT2D eigenvalue weighted by Crippen LogP contribution is 2.28. The molecule has 0 unspecified atom stereocenters. The number of aryl methyl sites for hydroxylation is 1.